The Morgan fingerprint density at radius 1 is 1.00 bits per heavy atom. The number of methoxy groups -OCH3 is 2. The summed E-state index contributed by atoms with van der Waals surface area (Å²) in [7, 11) is 9.31. The summed E-state index contributed by atoms with van der Waals surface area (Å²) in [4.78, 5) is 0. The van der Waals surface area contributed by atoms with E-state index >= 15 is 0 Å². The van der Waals surface area contributed by atoms with Gasteiger partial charge in [0.15, 0.2) is 0 Å². The van der Waals surface area contributed by atoms with E-state index < -0.39 is 0 Å². The predicted molar refractivity (Wildman–Crippen MR) is 35.8 cm³/mol. The summed E-state index contributed by atoms with van der Waals surface area (Å²) < 4.78 is 10.7. The minimum Gasteiger partial charge on any atom is -0.309 e. The summed E-state index contributed by atoms with van der Waals surface area (Å²) >= 11 is 0. The molecule has 0 saturated heterocycles. The second kappa shape index (κ2) is 3.15. The van der Waals surface area contributed by atoms with Gasteiger partial charge in [-0.15, -0.1) is 0 Å². The largest absolute Gasteiger partial charge is 0.309 e. The minimum atomic E-state index is -0.162. The van der Waals surface area contributed by atoms with Crippen LogP contribution in [-0.2, 0) is 9.47 Å². The van der Waals surface area contributed by atoms with E-state index in [0.29, 0.717) is 4.48 Å². The lowest BCUT2D eigenvalue weighted by Gasteiger charge is -2.30. The van der Waals surface area contributed by atoms with Crippen molar-refractivity contribution in [3.8, 4) is 0 Å². The molecule has 3 heteroatoms. The Morgan fingerprint density at radius 2 is 1.33 bits per heavy atom. The monoisotopic (exact) mass is 134 g/mol. The fraction of sp³-hybridized carbons (Fsp3) is 1.00. The van der Waals surface area contributed by atoms with Crippen molar-refractivity contribution in [3.63, 3.8) is 0 Å². The van der Waals surface area contributed by atoms with Gasteiger partial charge in [-0.2, -0.15) is 0 Å². The summed E-state index contributed by atoms with van der Waals surface area (Å²) in [6, 6.07) is 0. The second-order valence-corrected chi connectivity index (χ2v) is 2.89. The minimum absolute atomic E-state index is 0.162. The van der Waals surface area contributed by atoms with Crippen molar-refractivity contribution < 1.29 is 14.0 Å². The molecule has 0 aliphatic carbocycles. The smallest absolute Gasteiger partial charge is 0.307 e. The van der Waals surface area contributed by atoms with Crippen molar-refractivity contribution in [2.24, 2.45) is 0 Å². The zero-order valence-corrected chi connectivity index (χ0v) is 6.84. The lowest BCUT2D eigenvalue weighted by molar-refractivity contribution is -0.944. The number of ether oxygens (including phenoxy) is 2. The van der Waals surface area contributed by atoms with Gasteiger partial charge < -0.3 is 9.47 Å². The van der Waals surface area contributed by atoms with E-state index in [0.717, 1.165) is 0 Å². The van der Waals surface area contributed by atoms with Crippen LogP contribution in [0.1, 0.15) is 0 Å². The van der Waals surface area contributed by atoms with Crippen molar-refractivity contribution >= 4 is 0 Å². The Hall–Kier alpha value is -0.120. The Kier molecular flexibility index (Phi) is 3.11. The van der Waals surface area contributed by atoms with Crippen molar-refractivity contribution in [2.45, 2.75) is 6.41 Å². The molecule has 0 aliphatic rings. The molecule has 0 fully saturated rings. The maximum atomic E-state index is 5.01. The zero-order valence-electron chi connectivity index (χ0n) is 6.84. The SMILES string of the molecule is COC(OC)[N+](C)(C)C. The molecule has 0 aromatic rings. The summed E-state index contributed by atoms with van der Waals surface area (Å²) in [5.74, 6) is 0. The van der Waals surface area contributed by atoms with Crippen LogP contribution in [0, 0.1) is 0 Å². The van der Waals surface area contributed by atoms with E-state index in [2.05, 4.69) is 0 Å². The van der Waals surface area contributed by atoms with Crippen LogP contribution in [-0.4, -0.2) is 46.3 Å². The van der Waals surface area contributed by atoms with Crippen LogP contribution in [0.2, 0.25) is 0 Å². The predicted octanol–water partition coefficient (Wildman–Crippen LogP) is 0.269. The van der Waals surface area contributed by atoms with E-state index in [9.17, 15) is 0 Å². The van der Waals surface area contributed by atoms with Crippen LogP contribution in [0.25, 0.3) is 0 Å². The second-order valence-electron chi connectivity index (χ2n) is 2.89. The highest BCUT2D eigenvalue weighted by Gasteiger charge is 2.21. The standard InChI is InChI=1S/C6H16NO2/c1-7(2,3)6(8-4)9-5/h6H,1-5H3/q+1. The fourth-order valence-corrected chi connectivity index (χ4v) is 0.729. The molecule has 0 aliphatic heterocycles. The van der Waals surface area contributed by atoms with Gasteiger partial charge in [0, 0.05) is 14.2 Å². The van der Waals surface area contributed by atoms with Gasteiger partial charge in [0.25, 0.3) is 0 Å². The van der Waals surface area contributed by atoms with Gasteiger partial charge in [0.1, 0.15) is 0 Å². The summed E-state index contributed by atoms with van der Waals surface area (Å²) in [5, 5.41) is 0. The van der Waals surface area contributed by atoms with Gasteiger partial charge in [-0.25, -0.2) is 0 Å². The van der Waals surface area contributed by atoms with E-state index in [1.807, 2.05) is 21.1 Å². The fourth-order valence-electron chi connectivity index (χ4n) is 0.729. The van der Waals surface area contributed by atoms with Gasteiger partial charge in [-0.3, -0.25) is 4.48 Å². The quantitative estimate of drug-likeness (QED) is 0.407. The molecule has 0 N–H and O–H groups in total. The molecular weight excluding hydrogens is 118 g/mol. The van der Waals surface area contributed by atoms with Crippen LogP contribution in [0.3, 0.4) is 0 Å². The third-order valence-electron chi connectivity index (χ3n) is 1.04. The van der Waals surface area contributed by atoms with Crippen LogP contribution < -0.4 is 0 Å². The van der Waals surface area contributed by atoms with Gasteiger partial charge in [-0.1, -0.05) is 0 Å². The average molecular weight is 134 g/mol. The van der Waals surface area contributed by atoms with Crippen molar-refractivity contribution in [2.75, 3.05) is 35.4 Å². The van der Waals surface area contributed by atoms with Crippen molar-refractivity contribution in [3.05, 3.63) is 0 Å². The third kappa shape index (κ3) is 2.79. The average Bonchev–Trinajstić information content (AvgIpc) is 1.65. The highest BCUT2D eigenvalue weighted by atomic mass is 16.7. The summed E-state index contributed by atoms with van der Waals surface area (Å²) in [5.41, 5.74) is 0. The van der Waals surface area contributed by atoms with Gasteiger partial charge >= 0.3 is 6.41 Å². The Bertz CT molecular complexity index is 73.6. The zero-order chi connectivity index (χ0) is 7.49. The molecule has 0 aromatic carbocycles. The molecule has 9 heavy (non-hydrogen) atoms. The molecular formula is C6H16NO2+. The first-order valence-electron chi connectivity index (χ1n) is 2.89. The van der Waals surface area contributed by atoms with Crippen molar-refractivity contribution in [1.29, 1.82) is 0 Å². The lowest BCUT2D eigenvalue weighted by Crippen LogP contribution is -2.47. The van der Waals surface area contributed by atoms with Gasteiger partial charge in [-0.05, 0) is 0 Å². The number of hydrogen-bond donors (Lipinski definition) is 0. The molecule has 0 atom stereocenters. The molecule has 0 radical (unpaired) electrons. The Morgan fingerprint density at radius 3 is 1.33 bits per heavy atom. The van der Waals surface area contributed by atoms with Crippen molar-refractivity contribution in [1.82, 2.24) is 0 Å². The molecule has 0 unspecified atom stereocenters. The van der Waals surface area contributed by atoms with E-state index in [-0.39, 0.29) is 6.41 Å². The molecule has 56 valence electrons. The van der Waals surface area contributed by atoms with Crippen LogP contribution >= 0.6 is 0 Å². The van der Waals surface area contributed by atoms with Crippen LogP contribution in [0.5, 0.6) is 0 Å². The topological polar surface area (TPSA) is 18.5 Å². The Balaban J connectivity index is 3.79. The van der Waals surface area contributed by atoms with Crippen LogP contribution in [0.15, 0.2) is 0 Å². The van der Waals surface area contributed by atoms with E-state index in [1.165, 1.54) is 0 Å². The molecule has 3 nitrogen and oxygen atoms in total. The number of nitrogens with zero attached hydrogens (tertiary/aromatic N) is 1. The maximum absolute atomic E-state index is 5.01. The summed E-state index contributed by atoms with van der Waals surface area (Å²) in [6.07, 6.45) is -0.162. The highest BCUT2D eigenvalue weighted by Crippen LogP contribution is 2.02. The first kappa shape index (κ1) is 8.88. The highest BCUT2D eigenvalue weighted by molar-refractivity contribution is 4.16. The Labute approximate surface area is 56.8 Å². The number of hydrogen-bond acceptors (Lipinski definition) is 2. The molecule has 0 rings (SSSR count). The third-order valence-corrected chi connectivity index (χ3v) is 1.04. The number of quaternary nitrogens is 1. The van der Waals surface area contributed by atoms with Gasteiger partial charge in [0.05, 0.1) is 21.1 Å². The first-order chi connectivity index (χ1) is 4.02. The molecule has 0 heterocycles. The number of rotatable bonds is 3. The van der Waals surface area contributed by atoms with E-state index in [4.69, 9.17) is 9.47 Å². The molecule has 0 spiro atoms. The first-order valence-corrected chi connectivity index (χ1v) is 2.89. The molecule has 0 saturated carbocycles. The normalized spacial score (nSPS) is 12.7. The van der Waals surface area contributed by atoms with Crippen LogP contribution in [0.4, 0.5) is 0 Å². The van der Waals surface area contributed by atoms with E-state index in [1.54, 1.807) is 14.2 Å². The molecule has 0 amide bonds. The molecule has 0 bridgehead atoms. The van der Waals surface area contributed by atoms with Gasteiger partial charge in [0.2, 0.25) is 0 Å². The lowest BCUT2D eigenvalue weighted by atomic mass is 10.7. The maximum Gasteiger partial charge on any atom is 0.307 e. The summed E-state index contributed by atoms with van der Waals surface area (Å²) in [6.45, 7) is 0. The molecule has 0 aromatic heterocycles.